The Balaban J connectivity index is 0.00000363. The number of hydrogen-bond donors (Lipinski definition) is 0. The summed E-state index contributed by atoms with van der Waals surface area (Å²) >= 11 is 0. The van der Waals surface area contributed by atoms with Crippen molar-refractivity contribution in [2.45, 2.75) is 85.5 Å². The van der Waals surface area contributed by atoms with Crippen LogP contribution in [0.15, 0.2) is 42.7 Å². The fraction of sp³-hybridized carbons (Fsp3) is 0.448. The minimum absolute atomic E-state index is 0. The third-order valence-corrected chi connectivity index (χ3v) is 6.03. The largest absolute Gasteiger partial charge is 0.285 e. The van der Waals surface area contributed by atoms with E-state index in [9.17, 15) is 0 Å². The van der Waals surface area contributed by atoms with Crippen LogP contribution in [0.25, 0.3) is 22.5 Å². The van der Waals surface area contributed by atoms with Gasteiger partial charge in [0, 0.05) is 32.5 Å². The summed E-state index contributed by atoms with van der Waals surface area (Å²) < 4.78 is 0. The first-order chi connectivity index (χ1) is 15.1. The summed E-state index contributed by atoms with van der Waals surface area (Å²) in [5.74, 6) is 0.754. The predicted octanol–water partition coefficient (Wildman–Crippen LogP) is 8.22. The number of rotatable bonds is 11. The molecule has 0 atom stereocenters. The molecule has 0 fully saturated rings. The molecule has 3 rings (SSSR count). The minimum atomic E-state index is 0. The average Bonchev–Trinajstić information content (AvgIpc) is 2.75. The van der Waals surface area contributed by atoms with Gasteiger partial charge in [-0.3, -0.25) is 9.97 Å². The number of nitrogens with zero attached hydrogens (tertiary/aromatic N) is 2. The topological polar surface area (TPSA) is 25.8 Å². The standard InChI is InChI=1S/C29H37N2.Ir/c1-5-6-7-8-9-10-11-12-14-25-20-30-29(31-21-25)27-16-13-15-26(19-27)28-23(3)17-22(2)18-24(28)4;/h13,15,17-21H,5-12,14H2,1-4H3;/q-1;. The van der Waals surface area contributed by atoms with Crippen molar-refractivity contribution in [3.05, 3.63) is 71.0 Å². The van der Waals surface area contributed by atoms with Crippen molar-refractivity contribution in [2.24, 2.45) is 0 Å². The number of unbranched alkanes of at least 4 members (excludes halogenated alkanes) is 7. The Morgan fingerprint density at radius 3 is 2.00 bits per heavy atom. The Morgan fingerprint density at radius 1 is 0.781 bits per heavy atom. The van der Waals surface area contributed by atoms with Gasteiger partial charge in [-0.25, -0.2) is 0 Å². The van der Waals surface area contributed by atoms with Crippen molar-refractivity contribution >= 4 is 0 Å². The van der Waals surface area contributed by atoms with Gasteiger partial charge in [0.15, 0.2) is 0 Å². The zero-order valence-electron chi connectivity index (χ0n) is 20.1. The molecule has 0 aliphatic rings. The number of aromatic nitrogens is 2. The van der Waals surface area contributed by atoms with Crippen LogP contribution < -0.4 is 0 Å². The second kappa shape index (κ2) is 13.7. The third-order valence-electron chi connectivity index (χ3n) is 6.03. The molecular weight excluding hydrogens is 569 g/mol. The first-order valence-electron chi connectivity index (χ1n) is 12.0. The molecule has 1 radical (unpaired) electrons. The van der Waals surface area contributed by atoms with E-state index in [1.54, 1.807) is 0 Å². The zero-order chi connectivity index (χ0) is 22.1. The van der Waals surface area contributed by atoms with Crippen molar-refractivity contribution in [1.82, 2.24) is 9.97 Å². The second-order valence-corrected chi connectivity index (χ2v) is 8.90. The van der Waals surface area contributed by atoms with Crippen LogP contribution in [0.3, 0.4) is 0 Å². The van der Waals surface area contributed by atoms with Crippen molar-refractivity contribution in [1.29, 1.82) is 0 Å². The van der Waals surface area contributed by atoms with Crippen LogP contribution in [0.4, 0.5) is 0 Å². The van der Waals surface area contributed by atoms with Gasteiger partial charge in [0.25, 0.3) is 0 Å². The summed E-state index contributed by atoms with van der Waals surface area (Å²) in [6.45, 7) is 8.79. The first-order valence-corrected chi connectivity index (χ1v) is 12.0. The summed E-state index contributed by atoms with van der Waals surface area (Å²) in [5, 5.41) is 0. The van der Waals surface area contributed by atoms with E-state index in [-0.39, 0.29) is 20.1 Å². The van der Waals surface area contributed by atoms with Crippen LogP contribution in [-0.2, 0) is 26.5 Å². The molecule has 0 aliphatic carbocycles. The van der Waals surface area contributed by atoms with Crippen LogP contribution >= 0.6 is 0 Å². The Labute approximate surface area is 208 Å². The van der Waals surface area contributed by atoms with Gasteiger partial charge < -0.3 is 0 Å². The normalized spacial score (nSPS) is 10.8. The molecule has 0 spiro atoms. The number of hydrogen-bond acceptors (Lipinski definition) is 2. The Morgan fingerprint density at radius 2 is 1.38 bits per heavy atom. The molecule has 0 aliphatic heterocycles. The monoisotopic (exact) mass is 606 g/mol. The summed E-state index contributed by atoms with van der Waals surface area (Å²) in [7, 11) is 0. The summed E-state index contributed by atoms with van der Waals surface area (Å²) in [4.78, 5) is 9.30. The van der Waals surface area contributed by atoms with Crippen LogP contribution in [0.1, 0.15) is 80.5 Å². The van der Waals surface area contributed by atoms with E-state index >= 15 is 0 Å². The zero-order valence-corrected chi connectivity index (χ0v) is 22.5. The molecule has 1 heterocycles. The SMILES string of the molecule is CCCCCCCCCCc1cnc(-c2[c-]ccc(-c3c(C)cc(C)cc3C)c2)nc1.[Ir]. The molecule has 2 aromatic carbocycles. The molecule has 3 heteroatoms. The predicted molar refractivity (Wildman–Crippen MR) is 132 cm³/mol. The van der Waals surface area contributed by atoms with Gasteiger partial charge in [-0.2, -0.15) is 0 Å². The molecule has 3 aromatic rings. The van der Waals surface area contributed by atoms with E-state index in [1.165, 1.54) is 84.7 Å². The van der Waals surface area contributed by atoms with E-state index < -0.39 is 0 Å². The molecule has 0 bridgehead atoms. The van der Waals surface area contributed by atoms with E-state index in [1.807, 2.05) is 18.5 Å². The summed E-state index contributed by atoms with van der Waals surface area (Å²) in [6.07, 6.45) is 15.8. The molecular formula is C29H37IrN2-. The van der Waals surface area contributed by atoms with Crippen molar-refractivity contribution in [2.75, 3.05) is 0 Å². The average molecular weight is 606 g/mol. The van der Waals surface area contributed by atoms with Crippen LogP contribution in [0.2, 0.25) is 0 Å². The third kappa shape index (κ3) is 7.64. The molecule has 0 saturated heterocycles. The van der Waals surface area contributed by atoms with Gasteiger partial charge in [0.1, 0.15) is 0 Å². The van der Waals surface area contributed by atoms with E-state index in [0.717, 1.165) is 17.8 Å². The van der Waals surface area contributed by atoms with Gasteiger partial charge in [-0.15, -0.1) is 35.4 Å². The molecule has 0 amide bonds. The van der Waals surface area contributed by atoms with Gasteiger partial charge in [0.2, 0.25) is 0 Å². The van der Waals surface area contributed by atoms with E-state index in [2.05, 4.69) is 68.0 Å². The van der Waals surface area contributed by atoms with E-state index in [0.29, 0.717) is 0 Å². The summed E-state index contributed by atoms with van der Waals surface area (Å²) in [5.41, 5.74) is 8.60. The smallest absolute Gasteiger partial charge is 0.0748 e. The molecule has 0 N–H and O–H groups in total. The molecule has 32 heavy (non-hydrogen) atoms. The van der Waals surface area contributed by atoms with Crippen molar-refractivity contribution < 1.29 is 20.1 Å². The Bertz CT molecular complexity index is 940. The van der Waals surface area contributed by atoms with Crippen LogP contribution in [0, 0.1) is 26.8 Å². The summed E-state index contributed by atoms with van der Waals surface area (Å²) in [6, 6.07) is 14.1. The van der Waals surface area contributed by atoms with Crippen LogP contribution in [-0.4, -0.2) is 9.97 Å². The quantitative estimate of drug-likeness (QED) is 0.163. The Hall–Kier alpha value is -1.83. The van der Waals surface area contributed by atoms with E-state index in [4.69, 9.17) is 0 Å². The first kappa shape index (κ1) is 26.4. The van der Waals surface area contributed by atoms with Gasteiger partial charge in [-0.05, 0) is 55.9 Å². The maximum atomic E-state index is 4.65. The molecule has 1 aromatic heterocycles. The maximum Gasteiger partial charge on any atom is 0.0748 e. The second-order valence-electron chi connectivity index (χ2n) is 8.90. The van der Waals surface area contributed by atoms with Gasteiger partial charge >= 0.3 is 0 Å². The number of aryl methyl sites for hydroxylation is 4. The Kier molecular flexibility index (Phi) is 11.3. The van der Waals surface area contributed by atoms with Gasteiger partial charge in [0.05, 0.1) is 5.82 Å². The van der Waals surface area contributed by atoms with Crippen LogP contribution in [0.5, 0.6) is 0 Å². The van der Waals surface area contributed by atoms with Crippen molar-refractivity contribution in [3.8, 4) is 22.5 Å². The fourth-order valence-corrected chi connectivity index (χ4v) is 4.47. The molecule has 173 valence electrons. The fourth-order valence-electron chi connectivity index (χ4n) is 4.47. The maximum absolute atomic E-state index is 4.65. The molecule has 0 saturated carbocycles. The van der Waals surface area contributed by atoms with Gasteiger partial charge in [-0.1, -0.05) is 69.6 Å². The van der Waals surface area contributed by atoms with Crippen molar-refractivity contribution in [3.63, 3.8) is 0 Å². The minimum Gasteiger partial charge on any atom is -0.285 e. The molecule has 0 unspecified atom stereocenters. The molecule has 2 nitrogen and oxygen atoms in total. The number of benzene rings is 2.